The molecule has 4 aromatic rings. The van der Waals surface area contributed by atoms with Gasteiger partial charge in [0.05, 0.1) is 10.6 Å². The number of amides is 1. The van der Waals surface area contributed by atoms with Crippen LogP contribution < -0.4 is 0 Å². The number of hydrogen-bond donors (Lipinski definition) is 0. The van der Waals surface area contributed by atoms with Gasteiger partial charge < -0.3 is 9.47 Å². The molecule has 0 spiro atoms. The fourth-order valence-corrected chi connectivity index (χ4v) is 6.04. The van der Waals surface area contributed by atoms with Crippen molar-refractivity contribution < 1.29 is 17.6 Å². The number of carbonyl (C=O) groups excluding carboxylic acids is 1. The lowest BCUT2D eigenvalue weighted by molar-refractivity contribution is -0.132. The molecule has 33 heavy (non-hydrogen) atoms. The number of fused-ring (bicyclic) bond motifs is 2. The van der Waals surface area contributed by atoms with Gasteiger partial charge >= 0.3 is 0 Å². The largest absolute Gasteiger partial charge is 0.337 e. The van der Waals surface area contributed by atoms with Crippen LogP contribution in [0, 0.1) is 5.82 Å². The van der Waals surface area contributed by atoms with Crippen molar-refractivity contribution in [1.29, 1.82) is 0 Å². The van der Waals surface area contributed by atoms with Gasteiger partial charge in [-0.3, -0.25) is 4.79 Å². The molecule has 168 valence electrons. The van der Waals surface area contributed by atoms with E-state index in [0.29, 0.717) is 24.0 Å². The number of sulfone groups is 1. The topological polar surface area (TPSA) is 59.4 Å². The van der Waals surface area contributed by atoms with E-state index in [4.69, 9.17) is 0 Å². The van der Waals surface area contributed by atoms with Gasteiger partial charge in [0.15, 0.2) is 9.84 Å². The number of para-hydroxylation sites is 1. The molecule has 0 fully saturated rings. The van der Waals surface area contributed by atoms with Gasteiger partial charge in [-0.1, -0.05) is 60.7 Å². The van der Waals surface area contributed by atoms with Gasteiger partial charge in [-0.2, -0.15) is 0 Å². The molecule has 1 aliphatic heterocycles. The van der Waals surface area contributed by atoms with E-state index in [9.17, 15) is 17.6 Å². The van der Waals surface area contributed by atoms with Crippen molar-refractivity contribution in [2.75, 3.05) is 6.54 Å². The van der Waals surface area contributed by atoms with Crippen LogP contribution in [0.25, 0.3) is 10.9 Å². The predicted molar refractivity (Wildman–Crippen MR) is 125 cm³/mol. The van der Waals surface area contributed by atoms with Gasteiger partial charge in [0.2, 0.25) is 5.91 Å². The molecule has 5 nitrogen and oxygen atoms in total. The number of nitrogens with zero attached hydrogens (tertiary/aromatic N) is 2. The quantitative estimate of drug-likeness (QED) is 0.443. The maximum Gasteiger partial charge on any atom is 0.242 e. The van der Waals surface area contributed by atoms with Gasteiger partial charge in [0.25, 0.3) is 0 Å². The van der Waals surface area contributed by atoms with Crippen LogP contribution in [0.3, 0.4) is 0 Å². The van der Waals surface area contributed by atoms with Gasteiger partial charge in [-0.15, -0.1) is 0 Å². The molecular formula is C26H23FN2O3S. The van der Waals surface area contributed by atoms with Crippen molar-refractivity contribution in [3.05, 3.63) is 102 Å². The SMILES string of the molecule is O=C(Cn1cc(S(=O)(=O)Cc2ccccc2F)c2ccccc21)N1CCc2ccccc2C1. The smallest absolute Gasteiger partial charge is 0.242 e. The Morgan fingerprint density at radius 2 is 1.61 bits per heavy atom. The molecule has 0 unspecified atom stereocenters. The summed E-state index contributed by atoms with van der Waals surface area (Å²) in [5.74, 6) is -1.06. The third-order valence-corrected chi connectivity index (χ3v) is 7.87. The number of benzene rings is 3. The second kappa shape index (κ2) is 8.48. The minimum Gasteiger partial charge on any atom is -0.337 e. The lowest BCUT2D eigenvalue weighted by atomic mass is 10.00. The molecule has 1 aromatic heterocycles. The minimum absolute atomic E-state index is 0.0396. The molecule has 0 radical (unpaired) electrons. The number of halogens is 1. The van der Waals surface area contributed by atoms with Crippen molar-refractivity contribution in [2.45, 2.75) is 30.2 Å². The standard InChI is InChI=1S/C26H23FN2O3S/c27-23-11-5-3-9-21(23)18-33(31,32)25-16-29(24-12-6-4-10-22(24)25)17-26(30)28-14-13-19-7-1-2-8-20(19)15-28/h1-12,16H,13-15,17-18H2. The van der Waals surface area contributed by atoms with E-state index in [-0.39, 0.29) is 22.9 Å². The second-order valence-corrected chi connectivity index (χ2v) is 10.3. The van der Waals surface area contributed by atoms with Crippen LogP contribution in [0.2, 0.25) is 0 Å². The summed E-state index contributed by atoms with van der Waals surface area (Å²) >= 11 is 0. The summed E-state index contributed by atoms with van der Waals surface area (Å²) in [7, 11) is -3.83. The molecule has 0 aliphatic carbocycles. The first-order valence-electron chi connectivity index (χ1n) is 10.8. The molecule has 1 amide bonds. The Balaban J connectivity index is 1.44. The second-order valence-electron chi connectivity index (χ2n) is 8.32. The van der Waals surface area contributed by atoms with E-state index < -0.39 is 21.4 Å². The molecule has 1 aliphatic rings. The Kier molecular flexibility index (Phi) is 5.50. The maximum absolute atomic E-state index is 14.1. The highest BCUT2D eigenvalue weighted by molar-refractivity contribution is 7.90. The number of rotatable bonds is 5. The molecule has 0 N–H and O–H groups in total. The van der Waals surface area contributed by atoms with E-state index in [2.05, 4.69) is 6.07 Å². The average molecular weight is 463 g/mol. The zero-order chi connectivity index (χ0) is 23.0. The van der Waals surface area contributed by atoms with Crippen LogP contribution in [0.1, 0.15) is 16.7 Å². The van der Waals surface area contributed by atoms with Gasteiger partial charge in [-0.05, 0) is 29.7 Å². The normalized spacial score (nSPS) is 13.8. The van der Waals surface area contributed by atoms with Crippen LogP contribution in [-0.2, 0) is 39.9 Å². The van der Waals surface area contributed by atoms with Crippen LogP contribution in [0.15, 0.2) is 83.9 Å². The summed E-state index contributed by atoms with van der Waals surface area (Å²) in [5.41, 5.74) is 3.19. The maximum atomic E-state index is 14.1. The van der Waals surface area contributed by atoms with Crippen molar-refractivity contribution >= 4 is 26.6 Å². The van der Waals surface area contributed by atoms with E-state index in [1.807, 2.05) is 29.2 Å². The minimum atomic E-state index is -3.83. The molecule has 0 bridgehead atoms. The molecule has 0 atom stereocenters. The molecular weight excluding hydrogens is 439 g/mol. The Hall–Kier alpha value is -3.45. The number of hydrogen-bond acceptors (Lipinski definition) is 3. The predicted octanol–water partition coefficient (Wildman–Crippen LogP) is 4.34. The fraction of sp³-hybridized carbons (Fsp3) is 0.192. The summed E-state index contributed by atoms with van der Waals surface area (Å²) in [4.78, 5) is 15.0. The number of carbonyl (C=O) groups is 1. The number of aromatic nitrogens is 1. The van der Waals surface area contributed by atoms with E-state index >= 15 is 0 Å². The van der Waals surface area contributed by atoms with Crippen LogP contribution in [-0.4, -0.2) is 30.3 Å². The third-order valence-electron chi connectivity index (χ3n) is 6.18. The van der Waals surface area contributed by atoms with Crippen LogP contribution in [0.5, 0.6) is 0 Å². The first-order chi connectivity index (χ1) is 15.9. The van der Waals surface area contributed by atoms with E-state index in [1.165, 1.54) is 30.0 Å². The zero-order valence-corrected chi connectivity index (χ0v) is 18.8. The highest BCUT2D eigenvalue weighted by Crippen LogP contribution is 2.29. The average Bonchev–Trinajstić information content (AvgIpc) is 3.19. The summed E-state index contributed by atoms with van der Waals surface area (Å²) in [6.07, 6.45) is 2.31. The highest BCUT2D eigenvalue weighted by Gasteiger charge is 2.25. The Bertz CT molecular complexity index is 1460. The summed E-state index contributed by atoms with van der Waals surface area (Å²) in [6.45, 7) is 1.22. The summed E-state index contributed by atoms with van der Waals surface area (Å²) in [5, 5.41) is 0.533. The monoisotopic (exact) mass is 462 g/mol. The lowest BCUT2D eigenvalue weighted by Crippen LogP contribution is -2.37. The first-order valence-corrected chi connectivity index (χ1v) is 12.5. The summed E-state index contributed by atoms with van der Waals surface area (Å²) < 4.78 is 42.3. The zero-order valence-electron chi connectivity index (χ0n) is 17.9. The first kappa shape index (κ1) is 21.4. The third kappa shape index (κ3) is 4.16. The highest BCUT2D eigenvalue weighted by atomic mass is 32.2. The van der Waals surface area contributed by atoms with Crippen LogP contribution >= 0.6 is 0 Å². The van der Waals surface area contributed by atoms with Crippen molar-refractivity contribution in [2.24, 2.45) is 0 Å². The summed E-state index contributed by atoms with van der Waals surface area (Å²) in [6, 6.07) is 21.1. The Morgan fingerprint density at radius 1 is 0.909 bits per heavy atom. The van der Waals surface area contributed by atoms with Gasteiger partial charge in [0, 0.05) is 35.8 Å². The van der Waals surface area contributed by atoms with Crippen molar-refractivity contribution in [3.63, 3.8) is 0 Å². The lowest BCUT2D eigenvalue weighted by Gasteiger charge is -2.29. The Morgan fingerprint density at radius 3 is 2.42 bits per heavy atom. The molecule has 0 saturated heterocycles. The Labute approximate surface area is 192 Å². The van der Waals surface area contributed by atoms with E-state index in [0.717, 1.165) is 12.0 Å². The van der Waals surface area contributed by atoms with E-state index in [1.54, 1.807) is 28.8 Å². The molecule has 7 heteroatoms. The van der Waals surface area contributed by atoms with Gasteiger partial charge in [-0.25, -0.2) is 12.8 Å². The van der Waals surface area contributed by atoms with Crippen LogP contribution in [0.4, 0.5) is 4.39 Å². The fourth-order valence-electron chi connectivity index (χ4n) is 4.44. The molecule has 0 saturated carbocycles. The molecule has 2 heterocycles. The molecule has 3 aromatic carbocycles. The molecule has 5 rings (SSSR count). The van der Waals surface area contributed by atoms with Crippen molar-refractivity contribution in [3.8, 4) is 0 Å². The van der Waals surface area contributed by atoms with Crippen molar-refractivity contribution in [1.82, 2.24) is 9.47 Å². The van der Waals surface area contributed by atoms with Gasteiger partial charge in [0.1, 0.15) is 12.4 Å².